The Bertz CT molecular complexity index is 1340. The van der Waals surface area contributed by atoms with E-state index >= 15 is 0 Å². The second-order valence-corrected chi connectivity index (χ2v) is 8.84. The maximum Gasteiger partial charge on any atom is 0.278 e. The van der Waals surface area contributed by atoms with Gasteiger partial charge < -0.3 is 9.47 Å². The number of anilines is 1. The highest BCUT2D eigenvalue weighted by atomic mass is 32.2. The summed E-state index contributed by atoms with van der Waals surface area (Å²) in [5, 5.41) is 14.9. The Labute approximate surface area is 201 Å². The van der Waals surface area contributed by atoms with Crippen molar-refractivity contribution in [1.29, 1.82) is 0 Å². The summed E-state index contributed by atoms with van der Waals surface area (Å²) in [7, 11) is -1.40. The van der Waals surface area contributed by atoms with Crippen LogP contribution in [0.2, 0.25) is 0 Å². The molecule has 0 aromatic heterocycles. The largest absolute Gasteiger partial charge is 0.493 e. The number of amides is 1. The molecule has 3 aromatic carbocycles. The Morgan fingerprint density at radius 2 is 1.69 bits per heavy atom. The molecular weight excluding hydrogens is 476 g/mol. The summed E-state index contributed by atoms with van der Waals surface area (Å²) < 4.78 is 38.3. The SMILES string of the molecule is COc1ccc(S(=O)(=O)N(CC(=O)N/N=C\c2ccccc2[N+](=O)[O-])c2ccccc2)cc1OC. The molecule has 0 fully saturated rings. The number of rotatable bonds is 10. The van der Waals surface area contributed by atoms with Crippen LogP contribution in [-0.4, -0.2) is 46.2 Å². The average molecular weight is 499 g/mol. The zero-order valence-electron chi connectivity index (χ0n) is 18.8. The van der Waals surface area contributed by atoms with Gasteiger partial charge in [-0.1, -0.05) is 30.3 Å². The van der Waals surface area contributed by atoms with Crippen molar-refractivity contribution in [2.45, 2.75) is 4.90 Å². The number of sulfonamides is 1. The van der Waals surface area contributed by atoms with E-state index in [9.17, 15) is 23.3 Å². The molecular formula is C23H22N4O7S. The number of carbonyl (C=O) groups excluding carboxylic acids is 1. The molecule has 11 nitrogen and oxygen atoms in total. The lowest BCUT2D eigenvalue weighted by molar-refractivity contribution is -0.385. The summed E-state index contributed by atoms with van der Waals surface area (Å²) in [6.07, 6.45) is 1.12. The first-order chi connectivity index (χ1) is 16.8. The quantitative estimate of drug-likeness (QED) is 0.257. The number of benzene rings is 3. The van der Waals surface area contributed by atoms with E-state index in [2.05, 4.69) is 10.5 Å². The normalized spacial score (nSPS) is 11.1. The van der Waals surface area contributed by atoms with Gasteiger partial charge in [-0.25, -0.2) is 13.8 Å². The molecule has 0 heterocycles. The minimum atomic E-state index is -4.21. The van der Waals surface area contributed by atoms with Crippen molar-refractivity contribution >= 4 is 33.5 Å². The van der Waals surface area contributed by atoms with Crippen LogP contribution in [0.1, 0.15) is 5.56 Å². The van der Waals surface area contributed by atoms with Gasteiger partial charge in [0.05, 0.1) is 41.5 Å². The number of hydrogen-bond acceptors (Lipinski definition) is 8. The van der Waals surface area contributed by atoms with Crippen LogP contribution in [-0.2, 0) is 14.8 Å². The Hall–Kier alpha value is -4.45. The second kappa shape index (κ2) is 11.1. The number of carbonyl (C=O) groups is 1. The number of hydrogen-bond donors (Lipinski definition) is 1. The van der Waals surface area contributed by atoms with Gasteiger partial charge in [0.2, 0.25) is 0 Å². The molecule has 1 N–H and O–H groups in total. The highest BCUT2D eigenvalue weighted by Gasteiger charge is 2.28. The zero-order valence-corrected chi connectivity index (χ0v) is 19.6. The minimum Gasteiger partial charge on any atom is -0.493 e. The van der Waals surface area contributed by atoms with Gasteiger partial charge >= 0.3 is 0 Å². The Morgan fingerprint density at radius 1 is 1.03 bits per heavy atom. The van der Waals surface area contributed by atoms with Crippen LogP contribution in [0.15, 0.2) is 82.8 Å². The predicted octanol–water partition coefficient (Wildman–Crippen LogP) is 2.96. The zero-order chi connectivity index (χ0) is 25.4. The molecule has 3 rings (SSSR count). The third-order valence-corrected chi connectivity index (χ3v) is 6.57. The molecule has 0 saturated heterocycles. The predicted molar refractivity (Wildman–Crippen MR) is 129 cm³/mol. The molecule has 0 aliphatic carbocycles. The van der Waals surface area contributed by atoms with E-state index < -0.39 is 27.4 Å². The van der Waals surface area contributed by atoms with E-state index in [0.29, 0.717) is 5.75 Å². The van der Waals surface area contributed by atoms with Crippen molar-refractivity contribution in [1.82, 2.24) is 5.43 Å². The topological polar surface area (TPSA) is 140 Å². The Kier molecular flexibility index (Phi) is 8.00. The standard InChI is InChI=1S/C23H22N4O7S/c1-33-21-13-12-19(14-22(21)34-2)35(31,32)26(18-9-4-3-5-10-18)16-23(28)25-24-15-17-8-6-7-11-20(17)27(29)30/h3-15H,16H2,1-2H3,(H,25,28)/b24-15-. The maximum atomic E-state index is 13.5. The molecule has 1 amide bonds. The monoisotopic (exact) mass is 498 g/mol. The van der Waals surface area contributed by atoms with Crippen LogP contribution < -0.4 is 19.2 Å². The third-order valence-electron chi connectivity index (χ3n) is 4.80. The van der Waals surface area contributed by atoms with E-state index in [4.69, 9.17) is 9.47 Å². The van der Waals surface area contributed by atoms with Crippen molar-refractivity contribution in [2.75, 3.05) is 25.1 Å². The number of hydrazone groups is 1. The van der Waals surface area contributed by atoms with Crippen molar-refractivity contribution < 1.29 is 27.6 Å². The molecule has 0 aliphatic rings. The number of nitrogens with zero attached hydrogens (tertiary/aromatic N) is 3. The fraction of sp³-hybridized carbons (Fsp3) is 0.130. The fourth-order valence-corrected chi connectivity index (χ4v) is 4.55. The lowest BCUT2D eigenvalue weighted by Crippen LogP contribution is -2.39. The molecule has 35 heavy (non-hydrogen) atoms. The summed E-state index contributed by atoms with van der Waals surface area (Å²) in [5.74, 6) is -0.201. The first-order valence-electron chi connectivity index (χ1n) is 10.1. The van der Waals surface area contributed by atoms with Gasteiger partial charge in [0.25, 0.3) is 21.6 Å². The molecule has 182 valence electrons. The number of nitro groups is 1. The molecule has 0 unspecified atom stereocenters. The number of nitro benzene ring substituents is 1. The molecule has 0 spiro atoms. The van der Waals surface area contributed by atoms with Crippen LogP contribution in [0.4, 0.5) is 11.4 Å². The van der Waals surface area contributed by atoms with Crippen molar-refractivity contribution in [3.63, 3.8) is 0 Å². The molecule has 0 saturated carbocycles. The molecule has 0 aliphatic heterocycles. The third kappa shape index (κ3) is 5.92. The number of nitrogens with one attached hydrogen (secondary N) is 1. The summed E-state index contributed by atoms with van der Waals surface area (Å²) in [5.41, 5.74) is 2.46. The summed E-state index contributed by atoms with van der Waals surface area (Å²) in [6, 6.07) is 18.0. The van der Waals surface area contributed by atoms with Crippen LogP contribution in [0, 0.1) is 10.1 Å². The van der Waals surface area contributed by atoms with Crippen LogP contribution >= 0.6 is 0 Å². The van der Waals surface area contributed by atoms with Crippen LogP contribution in [0.25, 0.3) is 0 Å². The second-order valence-electron chi connectivity index (χ2n) is 6.97. The van der Waals surface area contributed by atoms with E-state index in [1.165, 1.54) is 50.6 Å². The minimum absolute atomic E-state index is 0.116. The van der Waals surface area contributed by atoms with Gasteiger partial charge in [-0.05, 0) is 30.3 Å². The van der Waals surface area contributed by atoms with E-state index in [0.717, 1.165) is 10.5 Å². The lowest BCUT2D eigenvalue weighted by atomic mass is 10.2. The fourth-order valence-electron chi connectivity index (χ4n) is 3.12. The van der Waals surface area contributed by atoms with Crippen molar-refractivity contribution in [3.8, 4) is 11.5 Å². The van der Waals surface area contributed by atoms with E-state index in [1.54, 1.807) is 36.4 Å². The highest BCUT2D eigenvalue weighted by molar-refractivity contribution is 7.92. The molecule has 0 atom stereocenters. The van der Waals surface area contributed by atoms with Gasteiger partial charge in [0.1, 0.15) is 6.54 Å². The van der Waals surface area contributed by atoms with Crippen molar-refractivity contribution in [3.05, 3.63) is 88.5 Å². The van der Waals surface area contributed by atoms with Gasteiger partial charge in [-0.15, -0.1) is 0 Å². The van der Waals surface area contributed by atoms with Crippen LogP contribution in [0.3, 0.4) is 0 Å². The van der Waals surface area contributed by atoms with Gasteiger partial charge in [-0.2, -0.15) is 5.10 Å². The smallest absolute Gasteiger partial charge is 0.278 e. The number of ether oxygens (including phenoxy) is 2. The van der Waals surface area contributed by atoms with E-state index in [1.807, 2.05) is 0 Å². The van der Waals surface area contributed by atoms with Gasteiger partial charge in [-0.3, -0.25) is 19.2 Å². The van der Waals surface area contributed by atoms with Gasteiger partial charge in [0, 0.05) is 12.1 Å². The number of para-hydroxylation sites is 2. The molecule has 3 aromatic rings. The highest BCUT2D eigenvalue weighted by Crippen LogP contribution is 2.32. The molecule has 0 radical (unpaired) electrons. The molecule has 0 bridgehead atoms. The summed E-state index contributed by atoms with van der Waals surface area (Å²) in [4.78, 5) is 23.1. The van der Waals surface area contributed by atoms with E-state index in [-0.39, 0.29) is 27.6 Å². The van der Waals surface area contributed by atoms with Crippen molar-refractivity contribution in [2.24, 2.45) is 5.10 Å². The Balaban J connectivity index is 1.87. The first-order valence-corrected chi connectivity index (χ1v) is 11.6. The average Bonchev–Trinajstić information content (AvgIpc) is 2.87. The van der Waals surface area contributed by atoms with Gasteiger partial charge in [0.15, 0.2) is 11.5 Å². The summed E-state index contributed by atoms with van der Waals surface area (Å²) in [6.45, 7) is -0.602. The first kappa shape index (κ1) is 25.2. The molecule has 12 heteroatoms. The lowest BCUT2D eigenvalue weighted by Gasteiger charge is -2.24. The Morgan fingerprint density at radius 3 is 2.34 bits per heavy atom. The van der Waals surface area contributed by atoms with Crippen LogP contribution in [0.5, 0.6) is 11.5 Å². The number of methoxy groups -OCH3 is 2. The maximum absolute atomic E-state index is 13.5. The summed E-state index contributed by atoms with van der Waals surface area (Å²) >= 11 is 0.